The lowest BCUT2D eigenvalue weighted by molar-refractivity contribution is 0.0671. The van der Waals surface area contributed by atoms with Gasteiger partial charge < -0.3 is 14.2 Å². The summed E-state index contributed by atoms with van der Waals surface area (Å²) < 4.78 is 17.2. The zero-order valence-corrected chi connectivity index (χ0v) is 13.0. The largest absolute Gasteiger partial charge is 0.375 e. The predicted octanol–water partition coefficient (Wildman–Crippen LogP) is 3.11. The lowest BCUT2D eigenvalue weighted by atomic mass is 9.92. The Kier molecular flexibility index (Phi) is 3.50. The molecule has 2 fully saturated rings. The summed E-state index contributed by atoms with van der Waals surface area (Å²) in [6.07, 6.45) is 0.248. The van der Waals surface area contributed by atoms with Gasteiger partial charge >= 0.3 is 0 Å². The number of rotatable bonds is 6. The topological polar surface area (TPSA) is 34.3 Å². The summed E-state index contributed by atoms with van der Waals surface area (Å²) in [4.78, 5) is -0.653. The third-order valence-corrected chi connectivity index (χ3v) is 4.95. The molecule has 0 bridgehead atoms. The summed E-state index contributed by atoms with van der Waals surface area (Å²) in [5, 5.41) is 0. The Balaban J connectivity index is 1.62. The van der Waals surface area contributed by atoms with Crippen molar-refractivity contribution in [3.63, 3.8) is 0 Å². The first-order chi connectivity index (χ1) is 10.7. The minimum atomic E-state index is -0.653. The number of benzene rings is 2. The van der Waals surface area contributed by atoms with Crippen LogP contribution in [0.15, 0.2) is 60.7 Å². The van der Waals surface area contributed by atoms with Crippen LogP contribution in [0.3, 0.4) is 0 Å². The van der Waals surface area contributed by atoms with Gasteiger partial charge in [0.1, 0.15) is 6.10 Å². The van der Waals surface area contributed by atoms with E-state index >= 15 is 0 Å². The third-order valence-electron chi connectivity index (χ3n) is 4.24. The maximum atomic E-state index is 6.16. The van der Waals surface area contributed by atoms with Crippen LogP contribution in [0.2, 0.25) is 0 Å². The summed E-state index contributed by atoms with van der Waals surface area (Å²) in [6.45, 7) is 1.87. The molecule has 2 heterocycles. The fourth-order valence-corrected chi connectivity index (χ4v) is 3.35. The normalized spacial score (nSPS) is 32.7. The van der Waals surface area contributed by atoms with Gasteiger partial charge in [-0.3, -0.25) is 0 Å². The number of hydrogen-bond donors (Lipinski definition) is 1. The van der Waals surface area contributed by atoms with Crippen LogP contribution < -0.4 is 0 Å². The molecule has 0 spiro atoms. The van der Waals surface area contributed by atoms with Crippen molar-refractivity contribution in [2.75, 3.05) is 19.8 Å². The van der Waals surface area contributed by atoms with Crippen LogP contribution in [-0.2, 0) is 24.7 Å². The fraction of sp³-hybridized carbons (Fsp3) is 0.333. The molecule has 114 valence electrons. The highest BCUT2D eigenvalue weighted by molar-refractivity contribution is 7.81. The van der Waals surface area contributed by atoms with Crippen molar-refractivity contribution >= 4 is 12.6 Å². The first-order valence-electron chi connectivity index (χ1n) is 7.47. The maximum absolute atomic E-state index is 6.16. The molecule has 3 nitrogen and oxygen atoms in total. The summed E-state index contributed by atoms with van der Waals surface area (Å²) >= 11 is 4.85. The van der Waals surface area contributed by atoms with Crippen LogP contribution in [0, 0.1) is 0 Å². The molecular weight excluding hydrogens is 296 g/mol. The number of hydrogen-bond acceptors (Lipinski definition) is 4. The van der Waals surface area contributed by atoms with E-state index in [2.05, 4.69) is 12.1 Å². The molecule has 0 amide bonds. The zero-order chi connectivity index (χ0) is 15.0. The first kappa shape index (κ1) is 14.3. The van der Waals surface area contributed by atoms with E-state index in [1.807, 2.05) is 48.5 Å². The fourth-order valence-electron chi connectivity index (χ4n) is 2.85. The van der Waals surface area contributed by atoms with Gasteiger partial charge in [-0.1, -0.05) is 60.7 Å². The minimum absolute atomic E-state index is 0.248. The van der Waals surface area contributed by atoms with Crippen molar-refractivity contribution in [2.45, 2.75) is 16.6 Å². The van der Waals surface area contributed by atoms with E-state index in [-0.39, 0.29) is 6.10 Å². The van der Waals surface area contributed by atoms with Crippen molar-refractivity contribution in [1.29, 1.82) is 0 Å². The second-order valence-corrected chi connectivity index (χ2v) is 6.41. The Morgan fingerprint density at radius 3 is 2.18 bits per heavy atom. The summed E-state index contributed by atoms with van der Waals surface area (Å²) in [6, 6.07) is 20.3. The van der Waals surface area contributed by atoms with Crippen molar-refractivity contribution in [1.82, 2.24) is 0 Å². The van der Waals surface area contributed by atoms with Crippen LogP contribution in [-0.4, -0.2) is 25.9 Å². The molecule has 0 aromatic heterocycles. The number of thiol groups is 1. The molecule has 2 aliphatic rings. The second-order valence-electron chi connectivity index (χ2n) is 5.78. The molecule has 0 radical (unpaired) electrons. The average molecular weight is 314 g/mol. The van der Waals surface area contributed by atoms with Gasteiger partial charge in [0.25, 0.3) is 0 Å². The molecule has 0 saturated carbocycles. The summed E-state index contributed by atoms with van der Waals surface area (Å²) in [7, 11) is 0. The average Bonchev–Trinajstić information content (AvgIpc) is 3.48. The molecule has 4 rings (SSSR count). The molecule has 2 saturated heterocycles. The summed E-state index contributed by atoms with van der Waals surface area (Å²) in [5.41, 5.74) is 1.59. The SMILES string of the molecule is SC1(c2ccccc2)OC1(COCC1CO1)c1ccccc1. The van der Waals surface area contributed by atoms with Gasteiger partial charge in [0.2, 0.25) is 0 Å². The van der Waals surface area contributed by atoms with Gasteiger partial charge in [0.05, 0.1) is 19.8 Å². The van der Waals surface area contributed by atoms with Crippen LogP contribution in [0.4, 0.5) is 0 Å². The van der Waals surface area contributed by atoms with Crippen LogP contribution >= 0.6 is 12.6 Å². The second kappa shape index (κ2) is 5.39. The van der Waals surface area contributed by atoms with Gasteiger partial charge in [-0.15, -0.1) is 12.6 Å². The molecule has 3 unspecified atom stereocenters. The third kappa shape index (κ3) is 2.36. The van der Waals surface area contributed by atoms with E-state index in [0.29, 0.717) is 13.2 Å². The van der Waals surface area contributed by atoms with Crippen LogP contribution in [0.5, 0.6) is 0 Å². The monoisotopic (exact) mass is 314 g/mol. The molecule has 2 aromatic carbocycles. The lowest BCUT2D eigenvalue weighted by Crippen LogP contribution is -2.25. The minimum Gasteiger partial charge on any atom is -0.375 e. The van der Waals surface area contributed by atoms with E-state index in [9.17, 15) is 0 Å². The highest BCUT2D eigenvalue weighted by Gasteiger charge is 2.70. The molecule has 22 heavy (non-hydrogen) atoms. The van der Waals surface area contributed by atoms with Crippen molar-refractivity contribution < 1.29 is 14.2 Å². The molecule has 0 aliphatic carbocycles. The van der Waals surface area contributed by atoms with E-state index in [4.69, 9.17) is 26.8 Å². The Morgan fingerprint density at radius 2 is 1.59 bits per heavy atom. The quantitative estimate of drug-likeness (QED) is 0.657. The van der Waals surface area contributed by atoms with Crippen molar-refractivity contribution in [2.24, 2.45) is 0 Å². The van der Waals surface area contributed by atoms with Gasteiger partial charge in [0.15, 0.2) is 10.5 Å². The van der Waals surface area contributed by atoms with Crippen LogP contribution in [0.1, 0.15) is 11.1 Å². The highest BCUT2D eigenvalue weighted by atomic mass is 32.1. The van der Waals surface area contributed by atoms with E-state index in [1.165, 1.54) is 0 Å². The number of epoxide rings is 2. The van der Waals surface area contributed by atoms with E-state index < -0.39 is 10.5 Å². The lowest BCUT2D eigenvalue weighted by Gasteiger charge is -2.17. The maximum Gasteiger partial charge on any atom is 0.173 e. The molecule has 2 aliphatic heterocycles. The smallest absolute Gasteiger partial charge is 0.173 e. The Labute approximate surface area is 135 Å². The predicted molar refractivity (Wildman–Crippen MR) is 86.9 cm³/mol. The highest BCUT2D eigenvalue weighted by Crippen LogP contribution is 2.64. The molecular formula is C18H18O3S. The van der Waals surface area contributed by atoms with Gasteiger partial charge in [0, 0.05) is 0 Å². The van der Waals surface area contributed by atoms with Gasteiger partial charge in [-0.05, 0) is 11.1 Å². The summed E-state index contributed by atoms with van der Waals surface area (Å²) in [5.74, 6) is 0. The Bertz CT molecular complexity index is 644. The molecule has 4 heteroatoms. The molecule has 2 aromatic rings. The standard InChI is InChI=1S/C18H18O3S/c22-18(15-9-5-2-6-10-15)17(21-18,13-19-11-16-12-20-16)14-7-3-1-4-8-14/h1-10,16,22H,11-13H2. The molecule has 0 N–H and O–H groups in total. The number of ether oxygens (including phenoxy) is 3. The zero-order valence-electron chi connectivity index (χ0n) is 12.1. The molecule has 3 atom stereocenters. The van der Waals surface area contributed by atoms with Gasteiger partial charge in [-0.25, -0.2) is 0 Å². The Hall–Kier alpha value is -1.33. The van der Waals surface area contributed by atoms with Crippen molar-refractivity contribution in [3.8, 4) is 0 Å². The van der Waals surface area contributed by atoms with Crippen LogP contribution in [0.25, 0.3) is 0 Å². The van der Waals surface area contributed by atoms with E-state index in [0.717, 1.165) is 17.7 Å². The van der Waals surface area contributed by atoms with Gasteiger partial charge in [-0.2, -0.15) is 0 Å². The first-order valence-corrected chi connectivity index (χ1v) is 7.92. The van der Waals surface area contributed by atoms with Crippen molar-refractivity contribution in [3.05, 3.63) is 71.8 Å². The van der Waals surface area contributed by atoms with E-state index in [1.54, 1.807) is 0 Å². The Morgan fingerprint density at radius 1 is 1.00 bits per heavy atom.